The summed E-state index contributed by atoms with van der Waals surface area (Å²) in [6.45, 7) is 7.86. The molecule has 0 spiro atoms. The van der Waals surface area contributed by atoms with Gasteiger partial charge in [-0.15, -0.1) is 0 Å². The van der Waals surface area contributed by atoms with Crippen LogP contribution >= 0.6 is 0 Å². The summed E-state index contributed by atoms with van der Waals surface area (Å²) in [5, 5.41) is 3.16. The molecule has 0 aliphatic carbocycles. The van der Waals surface area contributed by atoms with E-state index in [1.54, 1.807) is 25.0 Å². The van der Waals surface area contributed by atoms with Crippen molar-refractivity contribution in [3.63, 3.8) is 0 Å². The highest BCUT2D eigenvalue weighted by Gasteiger charge is 2.17. The monoisotopic (exact) mass is 373 g/mol. The number of anilines is 2. The maximum Gasteiger partial charge on any atom is 0.294 e. The number of nitrogens with one attached hydrogen (secondary N) is 1. The third kappa shape index (κ3) is 4.81. The van der Waals surface area contributed by atoms with Crippen LogP contribution in [0.15, 0.2) is 23.1 Å². The molecule has 0 unspecified atom stereocenters. The van der Waals surface area contributed by atoms with Crippen molar-refractivity contribution < 1.29 is 14.3 Å². The van der Waals surface area contributed by atoms with E-state index in [1.165, 1.54) is 6.92 Å². The Hall–Kier alpha value is -2.51. The first-order valence-electron chi connectivity index (χ1n) is 8.75. The molecule has 1 aromatic carbocycles. The second kappa shape index (κ2) is 8.92. The largest absolute Gasteiger partial charge is 0.382 e. The van der Waals surface area contributed by atoms with Crippen LogP contribution in [0.25, 0.3) is 0 Å². The molecule has 0 saturated heterocycles. The van der Waals surface area contributed by atoms with Crippen LogP contribution in [0.1, 0.15) is 40.1 Å². The molecule has 1 N–H and O–H groups in total. The molecule has 0 atom stereocenters. The smallest absolute Gasteiger partial charge is 0.294 e. The second-order valence-corrected chi connectivity index (χ2v) is 6.67. The maximum atomic E-state index is 13.0. The Kier molecular flexibility index (Phi) is 6.87. The molecule has 2 rings (SSSR count). The molecule has 0 fully saturated rings. The fourth-order valence-corrected chi connectivity index (χ4v) is 3.06. The fraction of sp³-hybridized carbons (Fsp3) is 0.450. The second-order valence-electron chi connectivity index (χ2n) is 6.67. The third-order valence-corrected chi connectivity index (χ3v) is 4.35. The van der Waals surface area contributed by atoms with E-state index in [0.29, 0.717) is 24.5 Å². The van der Waals surface area contributed by atoms with Crippen LogP contribution in [0.3, 0.4) is 0 Å². The summed E-state index contributed by atoms with van der Waals surface area (Å²) in [4.78, 5) is 29.0. The van der Waals surface area contributed by atoms with Gasteiger partial charge in [0.25, 0.3) is 5.56 Å². The van der Waals surface area contributed by atoms with Gasteiger partial charge in [0.15, 0.2) is 11.6 Å². The van der Waals surface area contributed by atoms with E-state index in [-0.39, 0.29) is 23.2 Å². The van der Waals surface area contributed by atoms with Gasteiger partial charge in [0, 0.05) is 31.7 Å². The van der Waals surface area contributed by atoms with E-state index in [4.69, 9.17) is 9.47 Å². The van der Waals surface area contributed by atoms with Crippen molar-refractivity contribution in [3.8, 4) is 0 Å². The van der Waals surface area contributed by atoms with Gasteiger partial charge in [-0.25, -0.2) is 4.98 Å². The molecule has 1 aromatic heterocycles. The number of nitrogens with zero attached hydrogens (tertiary/aromatic N) is 2. The van der Waals surface area contributed by atoms with Crippen molar-refractivity contribution in [1.82, 2.24) is 9.55 Å². The lowest BCUT2D eigenvalue weighted by molar-refractivity contribution is 0.0878. The molecule has 146 valence electrons. The number of benzene rings is 1. The standard InChI is InChI=1S/C20H27N3O4/c1-12-7-16(15(4)24)8-13(2)18(12)22-19-20(25)23(9-14(3)21-19)17(10-26-5)11-27-6/h7-9,17H,10-11H2,1-6H3,(H,21,22). The average molecular weight is 373 g/mol. The van der Waals surface area contributed by atoms with Gasteiger partial charge in [-0.1, -0.05) is 0 Å². The molecular weight excluding hydrogens is 346 g/mol. The summed E-state index contributed by atoms with van der Waals surface area (Å²) in [7, 11) is 3.18. The lowest BCUT2D eigenvalue weighted by Crippen LogP contribution is -2.32. The van der Waals surface area contributed by atoms with E-state index < -0.39 is 0 Å². The lowest BCUT2D eigenvalue weighted by Gasteiger charge is -2.20. The van der Waals surface area contributed by atoms with Gasteiger partial charge >= 0.3 is 0 Å². The van der Waals surface area contributed by atoms with Crippen molar-refractivity contribution >= 4 is 17.3 Å². The Balaban J connectivity index is 2.49. The molecule has 0 radical (unpaired) electrons. The van der Waals surface area contributed by atoms with E-state index in [0.717, 1.165) is 16.8 Å². The minimum atomic E-state index is -0.255. The summed E-state index contributed by atoms with van der Waals surface area (Å²) in [6.07, 6.45) is 1.70. The van der Waals surface area contributed by atoms with Gasteiger partial charge in [-0.05, 0) is 51.0 Å². The van der Waals surface area contributed by atoms with Crippen LogP contribution in [0.2, 0.25) is 0 Å². The number of aryl methyl sites for hydroxylation is 3. The van der Waals surface area contributed by atoms with Gasteiger partial charge in [0.1, 0.15) is 0 Å². The molecule has 0 bridgehead atoms. The number of hydrogen-bond donors (Lipinski definition) is 1. The van der Waals surface area contributed by atoms with Crippen molar-refractivity contribution in [1.29, 1.82) is 0 Å². The number of ether oxygens (including phenoxy) is 2. The molecule has 0 saturated carbocycles. The molecule has 0 amide bonds. The minimum Gasteiger partial charge on any atom is -0.382 e. The van der Waals surface area contributed by atoms with Crippen LogP contribution in [0.5, 0.6) is 0 Å². The Morgan fingerprint density at radius 3 is 2.19 bits per heavy atom. The highest BCUT2D eigenvalue weighted by atomic mass is 16.5. The number of rotatable bonds is 8. The van der Waals surface area contributed by atoms with Crippen LogP contribution in [-0.2, 0) is 9.47 Å². The number of carbonyl (C=O) groups excluding carboxylic acids is 1. The van der Waals surface area contributed by atoms with Crippen LogP contribution in [0.4, 0.5) is 11.5 Å². The van der Waals surface area contributed by atoms with E-state index >= 15 is 0 Å². The summed E-state index contributed by atoms with van der Waals surface area (Å²) in [5.41, 5.74) is 3.61. The predicted octanol–water partition coefficient (Wildman–Crippen LogP) is 2.95. The number of hydrogen-bond acceptors (Lipinski definition) is 6. The normalized spacial score (nSPS) is 11.1. The molecule has 1 heterocycles. The zero-order valence-electron chi connectivity index (χ0n) is 16.8. The summed E-state index contributed by atoms with van der Waals surface area (Å²) >= 11 is 0. The average Bonchev–Trinajstić information content (AvgIpc) is 2.60. The van der Waals surface area contributed by atoms with E-state index in [9.17, 15) is 9.59 Å². The molecule has 2 aromatic rings. The first-order chi connectivity index (χ1) is 12.8. The minimum absolute atomic E-state index is 0.00533. The van der Waals surface area contributed by atoms with Gasteiger partial charge in [0.05, 0.1) is 24.9 Å². The lowest BCUT2D eigenvalue weighted by atomic mass is 10.0. The Morgan fingerprint density at radius 2 is 1.70 bits per heavy atom. The first kappa shape index (κ1) is 20.8. The Labute approximate surface area is 159 Å². The topological polar surface area (TPSA) is 82.4 Å². The van der Waals surface area contributed by atoms with Crippen LogP contribution < -0.4 is 10.9 Å². The van der Waals surface area contributed by atoms with Gasteiger partial charge in [-0.3, -0.25) is 9.59 Å². The Bertz CT molecular complexity index is 860. The third-order valence-electron chi connectivity index (χ3n) is 4.35. The quantitative estimate of drug-likeness (QED) is 0.717. The van der Waals surface area contributed by atoms with Crippen molar-refractivity contribution in [2.75, 3.05) is 32.8 Å². The first-order valence-corrected chi connectivity index (χ1v) is 8.75. The van der Waals surface area contributed by atoms with Crippen molar-refractivity contribution in [2.45, 2.75) is 33.7 Å². The number of Topliss-reactive ketones (excluding diaryl/α,β-unsaturated/α-hetero) is 1. The SMILES string of the molecule is COCC(COC)n1cc(C)nc(Nc2c(C)cc(C(C)=O)cc2C)c1=O. The number of ketones is 1. The molecule has 7 nitrogen and oxygen atoms in total. The van der Waals surface area contributed by atoms with Gasteiger partial charge in [0.2, 0.25) is 0 Å². The zero-order chi connectivity index (χ0) is 20.1. The number of carbonyl (C=O) groups is 1. The molecule has 27 heavy (non-hydrogen) atoms. The van der Waals surface area contributed by atoms with Gasteiger partial charge in [-0.2, -0.15) is 0 Å². The molecular formula is C20H27N3O4. The van der Waals surface area contributed by atoms with Crippen LogP contribution in [0, 0.1) is 20.8 Å². The maximum absolute atomic E-state index is 13.0. The van der Waals surface area contributed by atoms with Crippen molar-refractivity contribution in [2.24, 2.45) is 0 Å². The van der Waals surface area contributed by atoms with E-state index in [2.05, 4.69) is 10.3 Å². The molecule has 0 aliphatic heterocycles. The van der Waals surface area contributed by atoms with E-state index in [1.807, 2.05) is 32.9 Å². The summed E-state index contributed by atoms with van der Waals surface area (Å²) in [6, 6.07) is 3.37. The van der Waals surface area contributed by atoms with Crippen molar-refractivity contribution in [3.05, 3.63) is 51.1 Å². The van der Waals surface area contributed by atoms with Gasteiger partial charge < -0.3 is 19.4 Å². The predicted molar refractivity (Wildman–Crippen MR) is 105 cm³/mol. The fourth-order valence-electron chi connectivity index (χ4n) is 3.06. The highest BCUT2D eigenvalue weighted by Crippen LogP contribution is 2.25. The zero-order valence-corrected chi connectivity index (χ0v) is 16.8. The molecule has 7 heteroatoms. The number of aromatic nitrogens is 2. The number of methoxy groups -OCH3 is 2. The summed E-state index contributed by atoms with van der Waals surface area (Å²) in [5.74, 6) is 0.236. The highest BCUT2D eigenvalue weighted by molar-refractivity contribution is 5.95. The van der Waals surface area contributed by atoms with Crippen LogP contribution in [-0.4, -0.2) is 42.8 Å². The summed E-state index contributed by atoms with van der Waals surface area (Å²) < 4.78 is 12.0. The molecule has 0 aliphatic rings. The Morgan fingerprint density at radius 1 is 1.15 bits per heavy atom.